The SMILES string of the molecule is CCNCc1nnnn1C(C)c1ccc(OC)cc1. The molecule has 0 bridgehead atoms. The molecular formula is C13H19N5O. The molecule has 19 heavy (non-hydrogen) atoms. The number of aromatic nitrogens is 4. The van der Waals surface area contributed by atoms with Crippen molar-refractivity contribution in [2.75, 3.05) is 13.7 Å². The van der Waals surface area contributed by atoms with Crippen LogP contribution in [0.2, 0.25) is 0 Å². The van der Waals surface area contributed by atoms with Gasteiger partial charge in [0.25, 0.3) is 0 Å². The van der Waals surface area contributed by atoms with Crippen LogP contribution in [0.25, 0.3) is 0 Å². The molecule has 0 aliphatic heterocycles. The Balaban J connectivity index is 2.18. The molecule has 1 aromatic carbocycles. The topological polar surface area (TPSA) is 64.9 Å². The van der Waals surface area contributed by atoms with Crippen LogP contribution < -0.4 is 10.1 Å². The summed E-state index contributed by atoms with van der Waals surface area (Å²) in [5.41, 5.74) is 1.14. The Hall–Kier alpha value is -1.95. The van der Waals surface area contributed by atoms with Crippen molar-refractivity contribution in [1.82, 2.24) is 25.5 Å². The lowest BCUT2D eigenvalue weighted by Gasteiger charge is -2.14. The summed E-state index contributed by atoms with van der Waals surface area (Å²) in [6, 6.07) is 8.04. The van der Waals surface area contributed by atoms with Gasteiger partial charge in [0.2, 0.25) is 0 Å². The fourth-order valence-corrected chi connectivity index (χ4v) is 1.89. The Morgan fingerprint density at radius 2 is 2.05 bits per heavy atom. The number of methoxy groups -OCH3 is 1. The van der Waals surface area contributed by atoms with Crippen LogP contribution in [0.1, 0.15) is 31.3 Å². The maximum absolute atomic E-state index is 5.16. The van der Waals surface area contributed by atoms with Crippen molar-refractivity contribution in [2.45, 2.75) is 26.4 Å². The van der Waals surface area contributed by atoms with Crippen molar-refractivity contribution in [1.29, 1.82) is 0 Å². The molecule has 0 aliphatic carbocycles. The third-order valence-corrected chi connectivity index (χ3v) is 3.06. The molecule has 0 radical (unpaired) electrons. The van der Waals surface area contributed by atoms with Crippen LogP contribution in [0.15, 0.2) is 24.3 Å². The lowest BCUT2D eigenvalue weighted by molar-refractivity contribution is 0.414. The van der Waals surface area contributed by atoms with Crippen molar-refractivity contribution in [3.63, 3.8) is 0 Å². The Morgan fingerprint density at radius 1 is 1.32 bits per heavy atom. The maximum Gasteiger partial charge on any atom is 0.165 e. The van der Waals surface area contributed by atoms with Gasteiger partial charge in [-0.25, -0.2) is 4.68 Å². The minimum atomic E-state index is 0.0922. The standard InChI is InChI=1S/C13H19N5O/c1-4-14-9-13-15-16-17-18(13)10(2)11-5-7-12(19-3)8-6-11/h5-8,10,14H,4,9H2,1-3H3. The minimum Gasteiger partial charge on any atom is -0.497 e. The summed E-state index contributed by atoms with van der Waals surface area (Å²) in [6.45, 7) is 5.70. The molecule has 1 atom stereocenters. The van der Waals surface area contributed by atoms with E-state index in [2.05, 4.69) is 34.7 Å². The summed E-state index contributed by atoms with van der Waals surface area (Å²) >= 11 is 0. The van der Waals surface area contributed by atoms with E-state index in [0.717, 1.165) is 23.7 Å². The summed E-state index contributed by atoms with van der Waals surface area (Å²) in [7, 11) is 1.66. The molecule has 2 aromatic rings. The molecule has 1 N–H and O–H groups in total. The quantitative estimate of drug-likeness (QED) is 0.851. The van der Waals surface area contributed by atoms with E-state index in [4.69, 9.17) is 4.74 Å². The second-order valence-corrected chi connectivity index (χ2v) is 4.27. The molecule has 1 aromatic heterocycles. The Bertz CT molecular complexity index is 508. The van der Waals surface area contributed by atoms with E-state index in [1.54, 1.807) is 7.11 Å². The maximum atomic E-state index is 5.16. The summed E-state index contributed by atoms with van der Waals surface area (Å²) in [4.78, 5) is 0. The first-order chi connectivity index (χ1) is 9.26. The van der Waals surface area contributed by atoms with Gasteiger partial charge in [-0.1, -0.05) is 19.1 Å². The van der Waals surface area contributed by atoms with Gasteiger partial charge in [-0.2, -0.15) is 0 Å². The van der Waals surface area contributed by atoms with E-state index in [1.807, 2.05) is 28.9 Å². The number of hydrogen-bond donors (Lipinski definition) is 1. The van der Waals surface area contributed by atoms with Crippen molar-refractivity contribution >= 4 is 0 Å². The van der Waals surface area contributed by atoms with Gasteiger partial charge in [0.1, 0.15) is 5.75 Å². The number of nitrogens with zero attached hydrogens (tertiary/aromatic N) is 4. The summed E-state index contributed by atoms with van der Waals surface area (Å²) < 4.78 is 7.00. The first kappa shape index (κ1) is 13.5. The van der Waals surface area contributed by atoms with Crippen molar-refractivity contribution in [3.8, 4) is 5.75 Å². The molecule has 0 fully saturated rings. The second-order valence-electron chi connectivity index (χ2n) is 4.27. The van der Waals surface area contributed by atoms with Crippen molar-refractivity contribution in [3.05, 3.63) is 35.7 Å². The number of ether oxygens (including phenoxy) is 1. The van der Waals surface area contributed by atoms with Gasteiger partial charge < -0.3 is 10.1 Å². The fraction of sp³-hybridized carbons (Fsp3) is 0.462. The molecule has 102 valence electrons. The van der Waals surface area contributed by atoms with Gasteiger partial charge in [-0.05, 0) is 41.6 Å². The highest BCUT2D eigenvalue weighted by Gasteiger charge is 2.14. The van der Waals surface area contributed by atoms with E-state index in [1.165, 1.54) is 0 Å². The molecule has 6 heteroatoms. The molecule has 0 saturated carbocycles. The Kier molecular flexibility index (Phi) is 4.46. The number of hydrogen-bond acceptors (Lipinski definition) is 5. The van der Waals surface area contributed by atoms with Gasteiger partial charge in [0.05, 0.1) is 19.7 Å². The van der Waals surface area contributed by atoms with Gasteiger partial charge in [-0.15, -0.1) is 5.10 Å². The molecule has 0 aliphatic rings. The minimum absolute atomic E-state index is 0.0922. The fourth-order valence-electron chi connectivity index (χ4n) is 1.89. The lowest BCUT2D eigenvalue weighted by atomic mass is 10.1. The first-order valence-electron chi connectivity index (χ1n) is 6.37. The van der Waals surface area contributed by atoms with Crippen LogP contribution in [0.3, 0.4) is 0 Å². The van der Waals surface area contributed by atoms with Crippen LogP contribution in [0.5, 0.6) is 5.75 Å². The van der Waals surface area contributed by atoms with Crippen LogP contribution in [0, 0.1) is 0 Å². The lowest BCUT2D eigenvalue weighted by Crippen LogP contribution is -2.19. The normalized spacial score (nSPS) is 12.4. The van der Waals surface area contributed by atoms with E-state index in [0.29, 0.717) is 6.54 Å². The van der Waals surface area contributed by atoms with Gasteiger partial charge in [0.15, 0.2) is 5.82 Å². The first-order valence-corrected chi connectivity index (χ1v) is 6.37. The highest BCUT2D eigenvalue weighted by atomic mass is 16.5. The zero-order chi connectivity index (χ0) is 13.7. The number of tetrazole rings is 1. The molecular weight excluding hydrogens is 242 g/mol. The second kappa shape index (κ2) is 6.29. The molecule has 0 spiro atoms. The van der Waals surface area contributed by atoms with E-state index < -0.39 is 0 Å². The van der Waals surface area contributed by atoms with Crippen molar-refractivity contribution in [2.24, 2.45) is 0 Å². The third-order valence-electron chi connectivity index (χ3n) is 3.06. The van der Waals surface area contributed by atoms with Gasteiger partial charge in [0, 0.05) is 0 Å². The van der Waals surface area contributed by atoms with E-state index in [9.17, 15) is 0 Å². The zero-order valence-corrected chi connectivity index (χ0v) is 11.5. The highest BCUT2D eigenvalue weighted by molar-refractivity contribution is 5.29. The smallest absolute Gasteiger partial charge is 0.165 e. The number of benzene rings is 1. The molecule has 0 saturated heterocycles. The van der Waals surface area contributed by atoms with Gasteiger partial charge in [-0.3, -0.25) is 0 Å². The van der Waals surface area contributed by atoms with E-state index in [-0.39, 0.29) is 6.04 Å². The van der Waals surface area contributed by atoms with Crippen LogP contribution >= 0.6 is 0 Å². The Morgan fingerprint density at radius 3 is 2.68 bits per heavy atom. The largest absolute Gasteiger partial charge is 0.497 e. The molecule has 1 unspecified atom stereocenters. The summed E-state index contributed by atoms with van der Waals surface area (Å²) in [5.74, 6) is 1.69. The van der Waals surface area contributed by atoms with Crippen LogP contribution in [-0.4, -0.2) is 33.9 Å². The average Bonchev–Trinajstić information content (AvgIpc) is 2.92. The predicted molar refractivity (Wildman–Crippen MR) is 72.0 cm³/mol. The summed E-state index contributed by atoms with van der Waals surface area (Å²) in [6.07, 6.45) is 0. The Labute approximate surface area is 112 Å². The third kappa shape index (κ3) is 3.08. The van der Waals surface area contributed by atoms with Crippen molar-refractivity contribution < 1.29 is 4.74 Å². The van der Waals surface area contributed by atoms with Gasteiger partial charge >= 0.3 is 0 Å². The molecule has 2 rings (SSSR count). The number of nitrogens with one attached hydrogen (secondary N) is 1. The number of rotatable bonds is 6. The molecule has 6 nitrogen and oxygen atoms in total. The molecule has 0 amide bonds. The predicted octanol–water partition coefficient (Wildman–Crippen LogP) is 1.40. The highest BCUT2D eigenvalue weighted by Crippen LogP contribution is 2.20. The zero-order valence-electron chi connectivity index (χ0n) is 11.5. The van der Waals surface area contributed by atoms with Crippen LogP contribution in [0.4, 0.5) is 0 Å². The average molecular weight is 261 g/mol. The monoisotopic (exact) mass is 261 g/mol. The summed E-state index contributed by atoms with van der Waals surface area (Å²) in [5, 5.41) is 15.1. The molecule has 1 heterocycles. The van der Waals surface area contributed by atoms with E-state index >= 15 is 0 Å². The van der Waals surface area contributed by atoms with Crippen LogP contribution in [-0.2, 0) is 6.54 Å².